The van der Waals surface area contributed by atoms with Crippen LogP contribution in [0.3, 0.4) is 0 Å². The summed E-state index contributed by atoms with van der Waals surface area (Å²) in [6.45, 7) is 2.18. The van der Waals surface area contributed by atoms with Crippen LogP contribution in [0, 0.1) is 11.6 Å². The number of rotatable bonds is 4. The Kier molecular flexibility index (Phi) is 3.97. The van der Waals surface area contributed by atoms with Crippen molar-refractivity contribution in [1.29, 1.82) is 0 Å². The zero-order valence-corrected chi connectivity index (χ0v) is 8.17. The van der Waals surface area contributed by atoms with Gasteiger partial charge < -0.3 is 4.74 Å². The standard InChI is InChI=1S/C11H10F2O2/c1-2-15-6-5-11(14)9-4-3-8(12)7-10(9)13/h3-7H,2H2,1H3. The molecule has 1 aromatic carbocycles. The summed E-state index contributed by atoms with van der Waals surface area (Å²) in [5, 5.41) is 0. The first kappa shape index (κ1) is 11.4. The van der Waals surface area contributed by atoms with Crippen molar-refractivity contribution in [2.45, 2.75) is 6.92 Å². The largest absolute Gasteiger partial charge is 0.501 e. The summed E-state index contributed by atoms with van der Waals surface area (Å²) in [7, 11) is 0. The van der Waals surface area contributed by atoms with E-state index in [1.165, 1.54) is 6.26 Å². The van der Waals surface area contributed by atoms with Crippen molar-refractivity contribution >= 4 is 5.78 Å². The molecule has 0 aliphatic rings. The molecule has 80 valence electrons. The minimum absolute atomic E-state index is 0.174. The van der Waals surface area contributed by atoms with E-state index < -0.39 is 17.4 Å². The Bertz CT molecular complexity index is 386. The normalized spacial score (nSPS) is 10.6. The number of carbonyl (C=O) groups excluding carboxylic acids is 1. The van der Waals surface area contributed by atoms with Gasteiger partial charge in [0.25, 0.3) is 0 Å². The lowest BCUT2D eigenvalue weighted by atomic mass is 10.1. The number of hydrogen-bond acceptors (Lipinski definition) is 2. The molecule has 0 spiro atoms. The third kappa shape index (κ3) is 3.16. The third-order valence-electron chi connectivity index (χ3n) is 1.68. The monoisotopic (exact) mass is 212 g/mol. The van der Waals surface area contributed by atoms with Gasteiger partial charge in [-0.1, -0.05) is 0 Å². The second-order valence-corrected chi connectivity index (χ2v) is 2.75. The van der Waals surface area contributed by atoms with Gasteiger partial charge in [0.2, 0.25) is 0 Å². The lowest BCUT2D eigenvalue weighted by molar-refractivity contribution is 0.103. The van der Waals surface area contributed by atoms with E-state index in [2.05, 4.69) is 0 Å². The van der Waals surface area contributed by atoms with Crippen LogP contribution in [0.1, 0.15) is 17.3 Å². The average molecular weight is 212 g/mol. The lowest BCUT2D eigenvalue weighted by Crippen LogP contribution is -1.99. The Morgan fingerprint density at radius 2 is 2.20 bits per heavy atom. The molecule has 2 nitrogen and oxygen atoms in total. The average Bonchev–Trinajstić information content (AvgIpc) is 2.17. The maximum Gasteiger partial charge on any atom is 0.191 e. The highest BCUT2D eigenvalue weighted by Crippen LogP contribution is 2.10. The molecule has 1 rings (SSSR count). The molecular formula is C11H10F2O2. The van der Waals surface area contributed by atoms with Crippen molar-refractivity contribution < 1.29 is 18.3 Å². The second kappa shape index (κ2) is 5.24. The Morgan fingerprint density at radius 1 is 1.47 bits per heavy atom. The van der Waals surface area contributed by atoms with Gasteiger partial charge in [0.05, 0.1) is 18.4 Å². The predicted molar refractivity (Wildman–Crippen MR) is 51.5 cm³/mol. The smallest absolute Gasteiger partial charge is 0.191 e. The van der Waals surface area contributed by atoms with Gasteiger partial charge >= 0.3 is 0 Å². The Morgan fingerprint density at radius 3 is 2.80 bits per heavy atom. The zero-order chi connectivity index (χ0) is 11.3. The molecular weight excluding hydrogens is 202 g/mol. The third-order valence-corrected chi connectivity index (χ3v) is 1.68. The van der Waals surface area contributed by atoms with Crippen LogP contribution in [0.25, 0.3) is 0 Å². The fourth-order valence-corrected chi connectivity index (χ4v) is 0.985. The van der Waals surface area contributed by atoms with Crippen LogP contribution in [0.15, 0.2) is 30.5 Å². The van der Waals surface area contributed by atoms with Crippen LogP contribution in [-0.2, 0) is 4.74 Å². The van der Waals surface area contributed by atoms with Crippen molar-refractivity contribution in [3.8, 4) is 0 Å². The number of allylic oxidation sites excluding steroid dienone is 1. The van der Waals surface area contributed by atoms with E-state index in [9.17, 15) is 13.6 Å². The SMILES string of the molecule is CCOC=CC(=O)c1ccc(F)cc1F. The molecule has 0 aliphatic heterocycles. The zero-order valence-electron chi connectivity index (χ0n) is 8.17. The van der Waals surface area contributed by atoms with Crippen molar-refractivity contribution in [3.63, 3.8) is 0 Å². The number of halogens is 2. The summed E-state index contributed by atoms with van der Waals surface area (Å²) < 4.78 is 30.4. The summed E-state index contributed by atoms with van der Waals surface area (Å²) >= 11 is 0. The van der Waals surface area contributed by atoms with Crippen molar-refractivity contribution in [1.82, 2.24) is 0 Å². The van der Waals surface area contributed by atoms with Gasteiger partial charge in [-0.05, 0) is 19.1 Å². The molecule has 0 heterocycles. The molecule has 15 heavy (non-hydrogen) atoms. The number of ketones is 1. The molecule has 0 N–H and O–H groups in total. The van der Waals surface area contributed by atoms with Crippen LogP contribution >= 0.6 is 0 Å². The minimum atomic E-state index is -0.874. The van der Waals surface area contributed by atoms with Gasteiger partial charge in [0, 0.05) is 12.1 Å². The topological polar surface area (TPSA) is 26.3 Å². The van der Waals surface area contributed by atoms with Gasteiger partial charge in [-0.15, -0.1) is 0 Å². The second-order valence-electron chi connectivity index (χ2n) is 2.75. The fraction of sp³-hybridized carbons (Fsp3) is 0.182. The molecule has 0 radical (unpaired) electrons. The van der Waals surface area contributed by atoms with Crippen LogP contribution in [0.5, 0.6) is 0 Å². The van der Waals surface area contributed by atoms with Gasteiger partial charge in [-0.25, -0.2) is 8.78 Å². The quantitative estimate of drug-likeness (QED) is 0.435. The van der Waals surface area contributed by atoms with Gasteiger partial charge in [0.15, 0.2) is 5.78 Å². The number of carbonyl (C=O) groups is 1. The first-order chi connectivity index (χ1) is 7.15. The molecule has 0 amide bonds. The molecule has 0 unspecified atom stereocenters. The van der Waals surface area contributed by atoms with E-state index in [0.717, 1.165) is 18.2 Å². The molecule has 0 fully saturated rings. The van der Waals surface area contributed by atoms with Crippen LogP contribution < -0.4 is 0 Å². The summed E-state index contributed by atoms with van der Waals surface area (Å²) in [4.78, 5) is 11.3. The summed E-state index contributed by atoms with van der Waals surface area (Å²) in [6, 6.07) is 2.80. The minimum Gasteiger partial charge on any atom is -0.501 e. The Hall–Kier alpha value is -1.71. The number of ether oxygens (including phenoxy) is 1. The summed E-state index contributed by atoms with van der Waals surface area (Å²) in [6.07, 6.45) is 2.28. The fourth-order valence-electron chi connectivity index (χ4n) is 0.985. The van der Waals surface area contributed by atoms with E-state index >= 15 is 0 Å². The van der Waals surface area contributed by atoms with Crippen molar-refractivity contribution in [3.05, 3.63) is 47.7 Å². The van der Waals surface area contributed by atoms with Gasteiger partial charge in [-0.3, -0.25) is 4.79 Å². The molecule has 0 saturated carbocycles. The van der Waals surface area contributed by atoms with Crippen LogP contribution in [0.4, 0.5) is 8.78 Å². The molecule has 0 aromatic heterocycles. The van der Waals surface area contributed by atoms with E-state index in [1.807, 2.05) is 0 Å². The van der Waals surface area contributed by atoms with Gasteiger partial charge in [0.1, 0.15) is 11.6 Å². The van der Waals surface area contributed by atoms with Gasteiger partial charge in [-0.2, -0.15) is 0 Å². The first-order valence-corrected chi connectivity index (χ1v) is 4.42. The van der Waals surface area contributed by atoms with E-state index in [4.69, 9.17) is 4.74 Å². The number of hydrogen-bond donors (Lipinski definition) is 0. The molecule has 0 bridgehead atoms. The molecule has 4 heteroatoms. The number of benzene rings is 1. The van der Waals surface area contributed by atoms with E-state index in [1.54, 1.807) is 6.92 Å². The molecule has 0 aliphatic carbocycles. The first-order valence-electron chi connectivity index (χ1n) is 4.42. The highest BCUT2D eigenvalue weighted by atomic mass is 19.1. The van der Waals surface area contributed by atoms with Crippen LogP contribution in [0.2, 0.25) is 0 Å². The maximum atomic E-state index is 13.1. The van der Waals surface area contributed by atoms with Crippen molar-refractivity contribution in [2.24, 2.45) is 0 Å². The summed E-state index contributed by atoms with van der Waals surface area (Å²) in [5.74, 6) is -2.14. The Balaban J connectivity index is 2.82. The van der Waals surface area contributed by atoms with E-state index in [-0.39, 0.29) is 5.56 Å². The van der Waals surface area contributed by atoms with Crippen molar-refractivity contribution in [2.75, 3.05) is 6.61 Å². The molecule has 1 aromatic rings. The van der Waals surface area contributed by atoms with E-state index in [0.29, 0.717) is 12.7 Å². The maximum absolute atomic E-state index is 13.1. The predicted octanol–water partition coefficient (Wildman–Crippen LogP) is 2.70. The molecule has 0 saturated heterocycles. The van der Waals surface area contributed by atoms with Crippen LogP contribution in [-0.4, -0.2) is 12.4 Å². The highest BCUT2D eigenvalue weighted by molar-refractivity contribution is 6.04. The molecule has 0 atom stereocenters. The highest BCUT2D eigenvalue weighted by Gasteiger charge is 2.09. The Labute approximate surface area is 86.2 Å². The summed E-state index contributed by atoms with van der Waals surface area (Å²) in [5.41, 5.74) is -0.174. The lowest BCUT2D eigenvalue weighted by Gasteiger charge is -1.98.